The molecule has 28 heavy (non-hydrogen) atoms. The lowest BCUT2D eigenvalue weighted by Crippen LogP contribution is -2.44. The number of aryl methyl sites for hydroxylation is 2. The summed E-state index contributed by atoms with van der Waals surface area (Å²) in [4.78, 5) is 9.63. The zero-order valence-corrected chi connectivity index (χ0v) is 16.8. The van der Waals surface area contributed by atoms with Crippen LogP contribution in [-0.2, 0) is 6.42 Å². The lowest BCUT2D eigenvalue weighted by Gasteiger charge is -2.39. The number of likely N-dealkylation sites (tertiary alicyclic amines) is 1. The molecule has 2 aromatic heterocycles. The molecule has 4 heteroatoms. The van der Waals surface area contributed by atoms with Crippen molar-refractivity contribution < 1.29 is 4.42 Å². The molecule has 0 atom stereocenters. The first kappa shape index (κ1) is 18.8. The van der Waals surface area contributed by atoms with Crippen molar-refractivity contribution in [3.05, 3.63) is 77.9 Å². The highest BCUT2D eigenvalue weighted by Crippen LogP contribution is 2.34. The largest absolute Gasteiger partial charge is 0.464 e. The molecule has 4 nitrogen and oxygen atoms in total. The fourth-order valence-electron chi connectivity index (χ4n) is 4.19. The van der Waals surface area contributed by atoms with Crippen molar-refractivity contribution in [3.63, 3.8) is 0 Å². The van der Waals surface area contributed by atoms with Crippen molar-refractivity contribution in [3.8, 4) is 0 Å². The van der Waals surface area contributed by atoms with Crippen LogP contribution in [0, 0.1) is 13.8 Å². The summed E-state index contributed by atoms with van der Waals surface area (Å²) in [5, 5.41) is 0. The maximum absolute atomic E-state index is 5.84. The number of nitrogens with zero attached hydrogens (tertiary/aromatic N) is 3. The van der Waals surface area contributed by atoms with Gasteiger partial charge in [0.2, 0.25) is 0 Å². The number of benzene rings is 1. The van der Waals surface area contributed by atoms with E-state index in [1.54, 1.807) is 0 Å². The highest BCUT2D eigenvalue weighted by Gasteiger charge is 2.28. The van der Waals surface area contributed by atoms with Crippen LogP contribution in [0.2, 0.25) is 0 Å². The van der Waals surface area contributed by atoms with Crippen LogP contribution in [-0.4, -0.2) is 35.6 Å². The van der Waals surface area contributed by atoms with Gasteiger partial charge in [-0.15, -0.1) is 0 Å². The molecule has 0 spiro atoms. The number of rotatable bonds is 6. The van der Waals surface area contributed by atoms with Gasteiger partial charge in [-0.2, -0.15) is 0 Å². The molecule has 1 aliphatic heterocycles. The van der Waals surface area contributed by atoms with E-state index in [9.17, 15) is 0 Å². The molecule has 1 aliphatic rings. The molecule has 0 aliphatic carbocycles. The van der Waals surface area contributed by atoms with Gasteiger partial charge < -0.3 is 14.2 Å². The van der Waals surface area contributed by atoms with E-state index >= 15 is 0 Å². The van der Waals surface area contributed by atoms with Gasteiger partial charge >= 0.3 is 0 Å². The first-order valence-corrected chi connectivity index (χ1v) is 10.2. The van der Waals surface area contributed by atoms with Crippen LogP contribution in [0.4, 0.5) is 11.5 Å². The molecule has 0 unspecified atom stereocenters. The smallest absolute Gasteiger partial charge is 0.133 e. The Morgan fingerprint density at radius 1 is 1.04 bits per heavy atom. The Kier molecular flexibility index (Phi) is 5.77. The monoisotopic (exact) mass is 375 g/mol. The van der Waals surface area contributed by atoms with Crippen LogP contribution in [0.15, 0.2) is 65.2 Å². The van der Waals surface area contributed by atoms with Gasteiger partial charge in [-0.25, -0.2) is 4.98 Å². The van der Waals surface area contributed by atoms with E-state index in [2.05, 4.69) is 63.3 Å². The van der Waals surface area contributed by atoms with E-state index in [0.717, 1.165) is 61.9 Å². The molecule has 4 rings (SSSR count). The summed E-state index contributed by atoms with van der Waals surface area (Å²) in [7, 11) is 0. The zero-order chi connectivity index (χ0) is 19.3. The maximum atomic E-state index is 5.84. The van der Waals surface area contributed by atoms with E-state index in [1.807, 2.05) is 26.1 Å². The first-order chi connectivity index (χ1) is 13.7. The average molecular weight is 376 g/mol. The highest BCUT2D eigenvalue weighted by atomic mass is 16.3. The fraction of sp³-hybridized carbons (Fsp3) is 0.375. The highest BCUT2D eigenvalue weighted by molar-refractivity contribution is 5.63. The van der Waals surface area contributed by atoms with E-state index in [4.69, 9.17) is 4.42 Å². The Bertz CT molecular complexity index is 867. The van der Waals surface area contributed by atoms with Gasteiger partial charge in [0, 0.05) is 37.9 Å². The van der Waals surface area contributed by atoms with Gasteiger partial charge in [0.15, 0.2) is 0 Å². The summed E-state index contributed by atoms with van der Waals surface area (Å²) in [6.07, 6.45) is 5.26. The van der Waals surface area contributed by atoms with Crippen molar-refractivity contribution in [1.82, 2.24) is 9.88 Å². The van der Waals surface area contributed by atoms with E-state index < -0.39 is 0 Å². The van der Waals surface area contributed by atoms with Crippen molar-refractivity contribution in [2.75, 3.05) is 24.5 Å². The van der Waals surface area contributed by atoms with Crippen LogP contribution in [0.3, 0.4) is 0 Å². The Balaban J connectivity index is 1.45. The minimum Gasteiger partial charge on any atom is -0.464 e. The summed E-state index contributed by atoms with van der Waals surface area (Å²) >= 11 is 0. The summed E-state index contributed by atoms with van der Waals surface area (Å²) in [6.45, 7) is 7.43. The second-order valence-corrected chi connectivity index (χ2v) is 7.66. The third kappa shape index (κ3) is 4.28. The molecular weight excluding hydrogens is 346 g/mol. The molecule has 3 aromatic rings. The molecule has 3 heterocycles. The lowest BCUT2D eigenvalue weighted by atomic mass is 10.0. The predicted octanol–water partition coefficient (Wildman–Crippen LogP) is 5.14. The minimum absolute atomic E-state index is 0.443. The van der Waals surface area contributed by atoms with Gasteiger partial charge in [-0.1, -0.05) is 36.4 Å². The number of anilines is 2. The summed E-state index contributed by atoms with van der Waals surface area (Å²) in [5.74, 6) is 2.93. The number of hydrogen-bond acceptors (Lipinski definition) is 4. The molecule has 1 aromatic carbocycles. The molecular formula is C24H29N3O. The summed E-state index contributed by atoms with van der Waals surface area (Å²) in [6, 6.07) is 19.5. The predicted molar refractivity (Wildman–Crippen MR) is 114 cm³/mol. The lowest BCUT2D eigenvalue weighted by molar-refractivity contribution is 0.214. The van der Waals surface area contributed by atoms with Gasteiger partial charge in [-0.3, -0.25) is 0 Å². The minimum atomic E-state index is 0.443. The topological polar surface area (TPSA) is 32.5 Å². The zero-order valence-electron chi connectivity index (χ0n) is 16.8. The third-order valence-corrected chi connectivity index (χ3v) is 5.65. The number of aromatic nitrogens is 1. The van der Waals surface area contributed by atoms with Crippen LogP contribution >= 0.6 is 0 Å². The first-order valence-electron chi connectivity index (χ1n) is 10.2. The Morgan fingerprint density at radius 3 is 2.43 bits per heavy atom. The van der Waals surface area contributed by atoms with Crippen molar-refractivity contribution in [2.24, 2.45) is 0 Å². The quantitative estimate of drug-likeness (QED) is 0.597. The van der Waals surface area contributed by atoms with E-state index in [0.29, 0.717) is 6.04 Å². The van der Waals surface area contributed by atoms with Crippen molar-refractivity contribution in [1.29, 1.82) is 0 Å². The number of hydrogen-bond donors (Lipinski definition) is 0. The Labute approximate surface area is 167 Å². The standard InChI is InChI=1S/C24H29N3O/c1-19-18-23(20(2)28-19)27(24-10-6-7-14-25-24)22-12-16-26(17-13-22)15-11-21-8-4-3-5-9-21/h3-10,14,18,22H,11-13,15-17H2,1-2H3. The van der Waals surface area contributed by atoms with Crippen molar-refractivity contribution in [2.45, 2.75) is 39.2 Å². The SMILES string of the molecule is Cc1cc(N(c2ccccn2)C2CCN(CCc3ccccc3)CC2)c(C)o1. The average Bonchev–Trinajstić information content (AvgIpc) is 3.07. The molecule has 0 amide bonds. The van der Waals surface area contributed by atoms with Crippen molar-refractivity contribution >= 4 is 11.5 Å². The molecule has 0 radical (unpaired) electrons. The molecule has 146 valence electrons. The number of furan rings is 1. The Hall–Kier alpha value is -2.59. The van der Waals surface area contributed by atoms with E-state index in [-0.39, 0.29) is 0 Å². The maximum Gasteiger partial charge on any atom is 0.133 e. The van der Waals surface area contributed by atoms with Crippen LogP contribution in [0.5, 0.6) is 0 Å². The second kappa shape index (κ2) is 8.61. The van der Waals surface area contributed by atoms with Gasteiger partial charge in [0.05, 0.1) is 5.69 Å². The normalized spacial score (nSPS) is 15.6. The second-order valence-electron chi connectivity index (χ2n) is 7.66. The fourth-order valence-corrected chi connectivity index (χ4v) is 4.19. The molecule has 0 N–H and O–H groups in total. The molecule has 1 saturated heterocycles. The van der Waals surface area contributed by atoms with Crippen LogP contribution in [0.25, 0.3) is 0 Å². The van der Waals surface area contributed by atoms with E-state index in [1.165, 1.54) is 5.56 Å². The third-order valence-electron chi connectivity index (χ3n) is 5.65. The number of piperidine rings is 1. The van der Waals surface area contributed by atoms with Gasteiger partial charge in [0.1, 0.15) is 17.3 Å². The molecule has 0 bridgehead atoms. The van der Waals surface area contributed by atoms with Gasteiger partial charge in [0.25, 0.3) is 0 Å². The van der Waals surface area contributed by atoms with Crippen LogP contribution in [0.1, 0.15) is 29.9 Å². The van der Waals surface area contributed by atoms with Gasteiger partial charge in [-0.05, 0) is 50.8 Å². The van der Waals surface area contributed by atoms with Crippen LogP contribution < -0.4 is 4.90 Å². The molecule has 0 saturated carbocycles. The molecule has 1 fully saturated rings. The summed E-state index contributed by atoms with van der Waals surface area (Å²) < 4.78 is 5.84. The number of pyridine rings is 1. The Morgan fingerprint density at radius 2 is 1.79 bits per heavy atom. The summed E-state index contributed by atoms with van der Waals surface area (Å²) in [5.41, 5.74) is 2.57.